The standard InChI is InChI=1S/C14H13Cl/c1-10-4-3-5-12(6-10)13-7-11(2)8-14(15)9-13/h3-9H,1-2H3. The van der Waals surface area contributed by atoms with Crippen molar-refractivity contribution in [3.63, 3.8) is 0 Å². The molecule has 2 rings (SSSR count). The van der Waals surface area contributed by atoms with Gasteiger partial charge in [-0.1, -0.05) is 47.5 Å². The predicted molar refractivity (Wildman–Crippen MR) is 66.4 cm³/mol. The molecule has 0 nitrogen and oxygen atoms in total. The minimum absolute atomic E-state index is 0.798. The van der Waals surface area contributed by atoms with Crippen LogP contribution in [0.3, 0.4) is 0 Å². The number of rotatable bonds is 1. The molecule has 0 saturated heterocycles. The second kappa shape index (κ2) is 4.08. The minimum Gasteiger partial charge on any atom is -0.0843 e. The van der Waals surface area contributed by atoms with E-state index in [0.717, 1.165) is 5.02 Å². The molecule has 0 aliphatic heterocycles. The van der Waals surface area contributed by atoms with Gasteiger partial charge in [0.15, 0.2) is 0 Å². The van der Waals surface area contributed by atoms with Crippen molar-refractivity contribution in [2.24, 2.45) is 0 Å². The summed E-state index contributed by atoms with van der Waals surface area (Å²) in [6.45, 7) is 4.16. The minimum atomic E-state index is 0.798. The Bertz CT molecular complexity index is 466. The van der Waals surface area contributed by atoms with Gasteiger partial charge in [-0.15, -0.1) is 0 Å². The molecule has 0 amide bonds. The Hall–Kier alpha value is -1.27. The highest BCUT2D eigenvalue weighted by atomic mass is 35.5. The summed E-state index contributed by atoms with van der Waals surface area (Å²) in [7, 11) is 0. The number of halogens is 1. The maximum atomic E-state index is 6.04. The third-order valence-corrected chi connectivity index (χ3v) is 2.61. The summed E-state index contributed by atoms with van der Waals surface area (Å²) in [6.07, 6.45) is 0. The van der Waals surface area contributed by atoms with Crippen molar-refractivity contribution >= 4 is 11.6 Å². The normalized spacial score (nSPS) is 10.3. The molecule has 0 N–H and O–H groups in total. The zero-order valence-corrected chi connectivity index (χ0v) is 9.68. The van der Waals surface area contributed by atoms with E-state index in [1.807, 2.05) is 12.1 Å². The molecule has 2 aromatic rings. The van der Waals surface area contributed by atoms with Gasteiger partial charge in [-0.3, -0.25) is 0 Å². The third kappa shape index (κ3) is 2.40. The summed E-state index contributed by atoms with van der Waals surface area (Å²) >= 11 is 6.04. The highest BCUT2D eigenvalue weighted by Crippen LogP contribution is 2.25. The van der Waals surface area contributed by atoms with Gasteiger partial charge in [0.05, 0.1) is 0 Å². The lowest BCUT2D eigenvalue weighted by molar-refractivity contribution is 1.44. The van der Waals surface area contributed by atoms with Crippen molar-refractivity contribution in [2.45, 2.75) is 13.8 Å². The molecule has 0 atom stereocenters. The topological polar surface area (TPSA) is 0 Å². The van der Waals surface area contributed by atoms with Gasteiger partial charge in [0, 0.05) is 5.02 Å². The van der Waals surface area contributed by atoms with E-state index in [9.17, 15) is 0 Å². The molecular formula is C14H13Cl. The Morgan fingerprint density at radius 1 is 0.800 bits per heavy atom. The Morgan fingerprint density at radius 2 is 1.53 bits per heavy atom. The summed E-state index contributed by atoms with van der Waals surface area (Å²) in [5.74, 6) is 0. The summed E-state index contributed by atoms with van der Waals surface area (Å²) in [5, 5.41) is 0.798. The Labute approximate surface area is 95.5 Å². The van der Waals surface area contributed by atoms with E-state index in [4.69, 9.17) is 11.6 Å². The first-order valence-corrected chi connectivity index (χ1v) is 5.37. The molecule has 0 spiro atoms. The first-order chi connectivity index (χ1) is 7.15. The van der Waals surface area contributed by atoms with Crippen LogP contribution in [0, 0.1) is 13.8 Å². The lowest BCUT2D eigenvalue weighted by atomic mass is 10.0. The monoisotopic (exact) mass is 216 g/mol. The Kier molecular flexibility index (Phi) is 2.79. The second-order valence-electron chi connectivity index (χ2n) is 3.89. The van der Waals surface area contributed by atoms with Crippen molar-refractivity contribution in [2.75, 3.05) is 0 Å². The predicted octanol–water partition coefficient (Wildman–Crippen LogP) is 4.62. The largest absolute Gasteiger partial charge is 0.0843 e. The first-order valence-electron chi connectivity index (χ1n) is 4.99. The molecule has 0 radical (unpaired) electrons. The number of hydrogen-bond donors (Lipinski definition) is 0. The molecule has 0 bridgehead atoms. The molecule has 2 aromatic carbocycles. The lowest BCUT2D eigenvalue weighted by Crippen LogP contribution is -1.81. The van der Waals surface area contributed by atoms with Crippen LogP contribution in [-0.2, 0) is 0 Å². The second-order valence-corrected chi connectivity index (χ2v) is 4.32. The summed E-state index contributed by atoms with van der Waals surface area (Å²) in [6, 6.07) is 14.6. The fourth-order valence-electron chi connectivity index (χ4n) is 1.73. The van der Waals surface area contributed by atoms with Gasteiger partial charge >= 0.3 is 0 Å². The average molecular weight is 217 g/mol. The smallest absolute Gasteiger partial charge is 0.0414 e. The highest BCUT2D eigenvalue weighted by molar-refractivity contribution is 6.30. The van der Waals surface area contributed by atoms with E-state index in [1.165, 1.54) is 22.3 Å². The summed E-state index contributed by atoms with van der Waals surface area (Å²) < 4.78 is 0. The Morgan fingerprint density at radius 3 is 2.20 bits per heavy atom. The zero-order chi connectivity index (χ0) is 10.8. The SMILES string of the molecule is Cc1cccc(-c2cc(C)cc(Cl)c2)c1. The summed E-state index contributed by atoms with van der Waals surface area (Å²) in [5.41, 5.74) is 4.87. The molecule has 1 heteroatoms. The zero-order valence-electron chi connectivity index (χ0n) is 8.92. The van der Waals surface area contributed by atoms with Crippen molar-refractivity contribution < 1.29 is 0 Å². The third-order valence-electron chi connectivity index (χ3n) is 2.39. The molecule has 0 unspecified atom stereocenters. The van der Waals surface area contributed by atoms with Crippen LogP contribution in [0.5, 0.6) is 0 Å². The van der Waals surface area contributed by atoms with Crippen LogP contribution < -0.4 is 0 Å². The van der Waals surface area contributed by atoms with E-state index < -0.39 is 0 Å². The van der Waals surface area contributed by atoms with E-state index in [0.29, 0.717) is 0 Å². The van der Waals surface area contributed by atoms with E-state index in [-0.39, 0.29) is 0 Å². The maximum Gasteiger partial charge on any atom is 0.0414 e. The van der Waals surface area contributed by atoms with Crippen molar-refractivity contribution in [1.82, 2.24) is 0 Å². The number of aryl methyl sites for hydroxylation is 2. The van der Waals surface area contributed by atoms with E-state index in [2.05, 4.69) is 44.2 Å². The molecular weight excluding hydrogens is 204 g/mol. The van der Waals surface area contributed by atoms with Crippen LogP contribution in [0.25, 0.3) is 11.1 Å². The van der Waals surface area contributed by atoms with E-state index >= 15 is 0 Å². The van der Waals surface area contributed by atoms with Crippen LogP contribution >= 0.6 is 11.6 Å². The molecule has 0 aliphatic carbocycles. The van der Waals surface area contributed by atoms with Crippen LogP contribution in [0.1, 0.15) is 11.1 Å². The molecule has 15 heavy (non-hydrogen) atoms. The molecule has 0 aromatic heterocycles. The number of hydrogen-bond acceptors (Lipinski definition) is 0. The highest BCUT2D eigenvalue weighted by Gasteiger charge is 2.00. The molecule has 0 aliphatic rings. The van der Waals surface area contributed by atoms with Gasteiger partial charge in [-0.2, -0.15) is 0 Å². The van der Waals surface area contributed by atoms with Gasteiger partial charge < -0.3 is 0 Å². The first kappa shape index (κ1) is 10.3. The molecule has 76 valence electrons. The molecule has 0 fully saturated rings. The fraction of sp³-hybridized carbons (Fsp3) is 0.143. The summed E-state index contributed by atoms with van der Waals surface area (Å²) in [4.78, 5) is 0. The van der Waals surface area contributed by atoms with E-state index in [1.54, 1.807) is 0 Å². The van der Waals surface area contributed by atoms with Gasteiger partial charge in [0.25, 0.3) is 0 Å². The quantitative estimate of drug-likeness (QED) is 0.652. The van der Waals surface area contributed by atoms with Crippen molar-refractivity contribution in [3.05, 3.63) is 58.6 Å². The Balaban J connectivity index is 2.54. The van der Waals surface area contributed by atoms with Crippen molar-refractivity contribution in [1.29, 1.82) is 0 Å². The van der Waals surface area contributed by atoms with Crippen LogP contribution in [0.4, 0.5) is 0 Å². The van der Waals surface area contributed by atoms with Gasteiger partial charge in [0.2, 0.25) is 0 Å². The molecule has 0 saturated carbocycles. The average Bonchev–Trinajstić information content (AvgIpc) is 2.16. The van der Waals surface area contributed by atoms with Gasteiger partial charge in [-0.05, 0) is 42.7 Å². The van der Waals surface area contributed by atoms with Crippen LogP contribution in [-0.4, -0.2) is 0 Å². The van der Waals surface area contributed by atoms with Crippen LogP contribution in [0.2, 0.25) is 5.02 Å². The van der Waals surface area contributed by atoms with Gasteiger partial charge in [0.1, 0.15) is 0 Å². The number of benzene rings is 2. The lowest BCUT2D eigenvalue weighted by Gasteiger charge is -2.05. The van der Waals surface area contributed by atoms with Crippen LogP contribution in [0.15, 0.2) is 42.5 Å². The fourth-order valence-corrected chi connectivity index (χ4v) is 2.02. The van der Waals surface area contributed by atoms with Crippen molar-refractivity contribution in [3.8, 4) is 11.1 Å². The molecule has 0 heterocycles. The maximum absolute atomic E-state index is 6.04. The van der Waals surface area contributed by atoms with Gasteiger partial charge in [-0.25, -0.2) is 0 Å².